The Morgan fingerprint density at radius 3 is 3.11 bits per heavy atom. The molecule has 0 spiro atoms. The molecule has 5 nitrogen and oxygen atoms in total. The zero-order valence-electron chi connectivity index (χ0n) is 9.86. The van der Waals surface area contributed by atoms with Crippen LogP contribution in [-0.2, 0) is 0 Å². The maximum absolute atomic E-state index is 9.32. The first-order valence-corrected chi connectivity index (χ1v) is 6.82. The number of pyridine rings is 1. The van der Waals surface area contributed by atoms with E-state index in [0.29, 0.717) is 0 Å². The van der Waals surface area contributed by atoms with E-state index in [1.807, 2.05) is 18.2 Å². The predicted molar refractivity (Wildman–Crippen MR) is 70.6 cm³/mol. The van der Waals surface area contributed by atoms with E-state index in [2.05, 4.69) is 20.1 Å². The average molecular weight is 262 g/mol. The first-order chi connectivity index (χ1) is 8.88. The fourth-order valence-corrected chi connectivity index (χ4v) is 3.12. The molecule has 0 aromatic carbocycles. The zero-order chi connectivity index (χ0) is 12.4. The van der Waals surface area contributed by atoms with Crippen molar-refractivity contribution in [3.63, 3.8) is 0 Å². The van der Waals surface area contributed by atoms with E-state index in [4.69, 9.17) is 0 Å². The van der Waals surface area contributed by atoms with Crippen molar-refractivity contribution >= 4 is 16.5 Å². The Labute approximate surface area is 109 Å². The van der Waals surface area contributed by atoms with E-state index in [9.17, 15) is 5.11 Å². The van der Waals surface area contributed by atoms with Gasteiger partial charge in [-0.1, -0.05) is 17.4 Å². The van der Waals surface area contributed by atoms with E-state index >= 15 is 0 Å². The molecular weight excluding hydrogens is 248 g/mol. The number of aromatic nitrogens is 3. The molecule has 1 N–H and O–H groups in total. The molecule has 1 saturated heterocycles. The first-order valence-electron chi connectivity index (χ1n) is 6.01. The Hall–Kier alpha value is -1.53. The highest BCUT2D eigenvalue weighted by molar-refractivity contribution is 7.18. The van der Waals surface area contributed by atoms with Crippen LogP contribution in [0.3, 0.4) is 0 Å². The second-order valence-corrected chi connectivity index (χ2v) is 5.23. The van der Waals surface area contributed by atoms with Gasteiger partial charge in [-0.2, -0.15) is 0 Å². The highest BCUT2D eigenvalue weighted by atomic mass is 32.1. The largest absolute Gasteiger partial charge is 0.394 e. The number of aliphatic hydroxyl groups is 1. The number of aliphatic hydroxyl groups excluding tert-OH is 1. The summed E-state index contributed by atoms with van der Waals surface area (Å²) in [6.07, 6.45) is 3.88. The van der Waals surface area contributed by atoms with Gasteiger partial charge in [-0.25, -0.2) is 0 Å². The lowest BCUT2D eigenvalue weighted by Gasteiger charge is -2.20. The van der Waals surface area contributed by atoms with E-state index in [1.165, 1.54) is 11.3 Å². The molecule has 1 aliphatic heterocycles. The molecule has 1 unspecified atom stereocenters. The molecule has 1 fully saturated rings. The number of hydrogen-bond acceptors (Lipinski definition) is 6. The van der Waals surface area contributed by atoms with Crippen molar-refractivity contribution in [2.24, 2.45) is 0 Å². The maximum Gasteiger partial charge on any atom is 0.208 e. The van der Waals surface area contributed by atoms with E-state index < -0.39 is 0 Å². The predicted octanol–water partition coefficient (Wildman–Crippen LogP) is 1.56. The average Bonchev–Trinajstić information content (AvgIpc) is 3.08. The Morgan fingerprint density at radius 1 is 1.39 bits per heavy atom. The summed E-state index contributed by atoms with van der Waals surface area (Å²) in [5.41, 5.74) is 0.848. The summed E-state index contributed by atoms with van der Waals surface area (Å²) in [6.45, 7) is 1.13. The van der Waals surface area contributed by atoms with E-state index in [0.717, 1.165) is 35.2 Å². The lowest BCUT2D eigenvalue weighted by Crippen LogP contribution is -2.31. The summed E-state index contributed by atoms with van der Waals surface area (Å²) in [5.74, 6) is 0. The molecule has 94 valence electrons. The molecule has 3 rings (SSSR count). The summed E-state index contributed by atoms with van der Waals surface area (Å²) in [5, 5.41) is 19.4. The number of rotatable bonds is 3. The van der Waals surface area contributed by atoms with Crippen LogP contribution in [0.15, 0.2) is 24.4 Å². The van der Waals surface area contributed by atoms with Gasteiger partial charge in [0.1, 0.15) is 5.69 Å². The zero-order valence-corrected chi connectivity index (χ0v) is 10.7. The lowest BCUT2D eigenvalue weighted by molar-refractivity contribution is 0.266. The van der Waals surface area contributed by atoms with Gasteiger partial charge in [0.05, 0.1) is 12.6 Å². The summed E-state index contributed by atoms with van der Waals surface area (Å²) in [7, 11) is 0. The fraction of sp³-hybridized carbons (Fsp3) is 0.417. The Balaban J connectivity index is 1.86. The van der Waals surface area contributed by atoms with Crippen molar-refractivity contribution in [1.29, 1.82) is 0 Å². The molecule has 2 aromatic rings. The van der Waals surface area contributed by atoms with Crippen LogP contribution in [-0.4, -0.2) is 39.5 Å². The Morgan fingerprint density at radius 2 is 2.33 bits per heavy atom. The summed E-state index contributed by atoms with van der Waals surface area (Å²) < 4.78 is 0. The quantitative estimate of drug-likeness (QED) is 0.909. The van der Waals surface area contributed by atoms with Gasteiger partial charge in [-0.3, -0.25) is 4.98 Å². The number of nitrogens with zero attached hydrogens (tertiary/aromatic N) is 4. The second kappa shape index (κ2) is 4.99. The third kappa shape index (κ3) is 2.09. The van der Waals surface area contributed by atoms with Crippen molar-refractivity contribution in [3.8, 4) is 10.7 Å². The Kier molecular flexibility index (Phi) is 3.21. The minimum absolute atomic E-state index is 0.179. The Bertz CT molecular complexity index is 516. The summed E-state index contributed by atoms with van der Waals surface area (Å²) in [4.78, 5) is 6.41. The monoisotopic (exact) mass is 262 g/mol. The molecule has 0 amide bonds. The highest BCUT2D eigenvalue weighted by Gasteiger charge is 2.26. The van der Waals surface area contributed by atoms with Gasteiger partial charge >= 0.3 is 0 Å². The molecule has 3 heterocycles. The summed E-state index contributed by atoms with van der Waals surface area (Å²) in [6, 6.07) is 5.94. The van der Waals surface area contributed by atoms with Gasteiger partial charge < -0.3 is 10.0 Å². The number of anilines is 1. The van der Waals surface area contributed by atoms with Crippen molar-refractivity contribution in [3.05, 3.63) is 24.4 Å². The van der Waals surface area contributed by atoms with Gasteiger partial charge in [-0.15, -0.1) is 10.2 Å². The van der Waals surface area contributed by atoms with Gasteiger partial charge in [0.2, 0.25) is 5.13 Å². The molecule has 1 atom stereocenters. The smallest absolute Gasteiger partial charge is 0.208 e. The van der Waals surface area contributed by atoms with Gasteiger partial charge in [-0.05, 0) is 25.0 Å². The molecule has 0 bridgehead atoms. The van der Waals surface area contributed by atoms with Crippen molar-refractivity contribution in [2.75, 3.05) is 18.1 Å². The summed E-state index contributed by atoms with van der Waals surface area (Å²) >= 11 is 1.53. The molecule has 18 heavy (non-hydrogen) atoms. The third-order valence-corrected chi connectivity index (χ3v) is 4.11. The lowest BCUT2D eigenvalue weighted by atomic mass is 10.2. The van der Waals surface area contributed by atoms with Crippen LogP contribution in [0, 0.1) is 0 Å². The van der Waals surface area contributed by atoms with Crippen molar-refractivity contribution < 1.29 is 5.11 Å². The van der Waals surface area contributed by atoms with Gasteiger partial charge in [0, 0.05) is 12.7 Å². The minimum atomic E-state index is 0.179. The molecule has 0 aliphatic carbocycles. The van der Waals surface area contributed by atoms with Crippen LogP contribution in [0.25, 0.3) is 10.7 Å². The van der Waals surface area contributed by atoms with Crippen molar-refractivity contribution in [1.82, 2.24) is 15.2 Å². The maximum atomic E-state index is 9.32. The molecule has 2 aromatic heterocycles. The van der Waals surface area contributed by atoms with E-state index in [1.54, 1.807) is 6.20 Å². The van der Waals surface area contributed by atoms with Gasteiger partial charge in [0.15, 0.2) is 5.01 Å². The molecule has 1 aliphatic rings. The van der Waals surface area contributed by atoms with Crippen LogP contribution >= 0.6 is 11.3 Å². The molecular formula is C12H14N4OS. The van der Waals surface area contributed by atoms with E-state index in [-0.39, 0.29) is 12.6 Å². The fourth-order valence-electron chi connectivity index (χ4n) is 2.20. The third-order valence-electron chi connectivity index (χ3n) is 3.13. The van der Waals surface area contributed by atoms with Crippen LogP contribution in [0.1, 0.15) is 12.8 Å². The minimum Gasteiger partial charge on any atom is -0.394 e. The number of hydrogen-bond donors (Lipinski definition) is 1. The van der Waals surface area contributed by atoms with Crippen LogP contribution in [0.5, 0.6) is 0 Å². The van der Waals surface area contributed by atoms with Crippen molar-refractivity contribution in [2.45, 2.75) is 18.9 Å². The second-order valence-electron chi connectivity index (χ2n) is 4.28. The van der Waals surface area contributed by atoms with Crippen LogP contribution < -0.4 is 4.90 Å². The highest BCUT2D eigenvalue weighted by Crippen LogP contribution is 2.31. The molecule has 0 radical (unpaired) electrons. The first kappa shape index (κ1) is 11.6. The van der Waals surface area contributed by atoms with Crippen LogP contribution in [0.2, 0.25) is 0 Å². The SMILES string of the molecule is OCC1CCCN1c1nnc(-c2ccccn2)s1. The molecule has 0 saturated carbocycles. The van der Waals surface area contributed by atoms with Gasteiger partial charge in [0.25, 0.3) is 0 Å². The topological polar surface area (TPSA) is 62.1 Å². The molecule has 6 heteroatoms. The standard InChI is InChI=1S/C12H14N4OS/c17-8-9-4-3-7-16(9)12-15-14-11(18-12)10-5-1-2-6-13-10/h1-2,5-6,9,17H,3-4,7-8H2. The van der Waals surface area contributed by atoms with Crippen LogP contribution in [0.4, 0.5) is 5.13 Å². The normalized spacial score (nSPS) is 19.4.